The third-order valence-electron chi connectivity index (χ3n) is 3.80. The fraction of sp³-hybridized carbons (Fsp3) is 0.267. The minimum absolute atomic E-state index is 0.0233. The van der Waals surface area contributed by atoms with Gasteiger partial charge in [-0.2, -0.15) is 4.31 Å². The number of halogens is 3. The number of nitrogens with zero attached hydrogens (tertiary/aromatic N) is 3. The van der Waals surface area contributed by atoms with E-state index >= 15 is 0 Å². The molecule has 24 heavy (non-hydrogen) atoms. The van der Waals surface area contributed by atoms with Crippen molar-refractivity contribution in [3.05, 3.63) is 51.6 Å². The van der Waals surface area contributed by atoms with Crippen LogP contribution in [0.3, 0.4) is 0 Å². The number of hydrogen-bond donors (Lipinski definition) is 0. The Morgan fingerprint density at radius 2 is 1.58 bits per heavy atom. The van der Waals surface area contributed by atoms with E-state index in [9.17, 15) is 8.42 Å². The summed E-state index contributed by atoms with van der Waals surface area (Å²) in [5.74, 6) is 0.835. The van der Waals surface area contributed by atoms with Crippen LogP contribution < -0.4 is 4.90 Å². The van der Waals surface area contributed by atoms with Crippen LogP contribution in [-0.4, -0.2) is 43.9 Å². The molecule has 0 spiro atoms. The molecular formula is C15H14Cl3N3O2S. The van der Waals surface area contributed by atoms with Gasteiger partial charge in [0.2, 0.25) is 10.0 Å². The predicted octanol–water partition coefficient (Wildman–Crippen LogP) is 3.55. The molecule has 0 atom stereocenters. The van der Waals surface area contributed by atoms with E-state index in [0.717, 1.165) is 5.82 Å². The average Bonchev–Trinajstić information content (AvgIpc) is 2.59. The van der Waals surface area contributed by atoms with E-state index in [1.807, 2.05) is 23.1 Å². The lowest BCUT2D eigenvalue weighted by atomic mass is 10.3. The highest BCUT2D eigenvalue weighted by atomic mass is 35.5. The summed E-state index contributed by atoms with van der Waals surface area (Å²) in [5, 5.41) is 0.448. The van der Waals surface area contributed by atoms with Gasteiger partial charge in [-0.05, 0) is 24.3 Å². The van der Waals surface area contributed by atoms with Gasteiger partial charge in [-0.3, -0.25) is 0 Å². The zero-order valence-corrected chi connectivity index (χ0v) is 15.6. The van der Waals surface area contributed by atoms with Gasteiger partial charge in [-0.25, -0.2) is 13.4 Å². The van der Waals surface area contributed by atoms with Crippen LogP contribution in [0.15, 0.2) is 41.4 Å². The smallest absolute Gasteiger partial charge is 0.244 e. The van der Waals surface area contributed by atoms with Crippen LogP contribution in [0.4, 0.5) is 5.82 Å². The fourth-order valence-electron chi connectivity index (χ4n) is 2.54. The molecule has 1 aromatic carbocycles. The van der Waals surface area contributed by atoms with Crippen molar-refractivity contribution in [2.75, 3.05) is 31.1 Å². The highest BCUT2D eigenvalue weighted by molar-refractivity contribution is 7.89. The van der Waals surface area contributed by atoms with Crippen molar-refractivity contribution in [2.24, 2.45) is 0 Å². The molecule has 0 N–H and O–H groups in total. The Morgan fingerprint density at radius 3 is 2.21 bits per heavy atom. The van der Waals surface area contributed by atoms with Crippen LogP contribution in [0, 0.1) is 0 Å². The molecule has 0 unspecified atom stereocenters. The van der Waals surface area contributed by atoms with Crippen molar-refractivity contribution in [3.63, 3.8) is 0 Å². The first-order valence-corrected chi connectivity index (χ1v) is 9.77. The van der Waals surface area contributed by atoms with Gasteiger partial charge < -0.3 is 4.90 Å². The van der Waals surface area contributed by atoms with Gasteiger partial charge in [-0.1, -0.05) is 40.9 Å². The Labute approximate surface area is 155 Å². The van der Waals surface area contributed by atoms with E-state index in [1.165, 1.54) is 16.4 Å². The van der Waals surface area contributed by atoms with Crippen LogP contribution in [0.1, 0.15) is 0 Å². The number of rotatable bonds is 3. The molecule has 0 amide bonds. The number of pyridine rings is 1. The number of piperazine rings is 1. The molecule has 9 heteroatoms. The summed E-state index contributed by atoms with van der Waals surface area (Å²) in [7, 11) is -3.73. The Bertz CT molecular complexity index is 839. The van der Waals surface area contributed by atoms with Gasteiger partial charge in [0.15, 0.2) is 0 Å². The van der Waals surface area contributed by atoms with Gasteiger partial charge in [0.05, 0.1) is 15.1 Å². The van der Waals surface area contributed by atoms with Gasteiger partial charge in [0.25, 0.3) is 0 Å². The molecule has 0 aliphatic carbocycles. The molecule has 0 bridgehead atoms. The quantitative estimate of drug-likeness (QED) is 0.732. The molecule has 1 aromatic heterocycles. The monoisotopic (exact) mass is 405 g/mol. The first-order valence-electron chi connectivity index (χ1n) is 7.20. The topological polar surface area (TPSA) is 53.5 Å². The van der Waals surface area contributed by atoms with Crippen molar-refractivity contribution in [1.29, 1.82) is 0 Å². The summed E-state index contributed by atoms with van der Waals surface area (Å²) in [5.41, 5.74) is 0. The molecule has 128 valence electrons. The normalized spacial score (nSPS) is 16.4. The number of aromatic nitrogens is 1. The lowest BCUT2D eigenvalue weighted by Crippen LogP contribution is -2.48. The van der Waals surface area contributed by atoms with Gasteiger partial charge in [-0.15, -0.1) is 0 Å². The second kappa shape index (κ2) is 7.06. The highest BCUT2D eigenvalue weighted by Gasteiger charge is 2.31. The minimum Gasteiger partial charge on any atom is -0.354 e. The van der Waals surface area contributed by atoms with E-state index in [1.54, 1.807) is 6.20 Å². The van der Waals surface area contributed by atoms with Crippen LogP contribution in [0.2, 0.25) is 15.1 Å². The number of benzene rings is 1. The minimum atomic E-state index is -3.73. The van der Waals surface area contributed by atoms with Crippen molar-refractivity contribution in [1.82, 2.24) is 9.29 Å². The van der Waals surface area contributed by atoms with Crippen molar-refractivity contribution in [3.8, 4) is 0 Å². The molecule has 1 saturated heterocycles. The zero-order chi connectivity index (χ0) is 17.3. The van der Waals surface area contributed by atoms with Crippen LogP contribution in [0.5, 0.6) is 0 Å². The Kier molecular flexibility index (Phi) is 5.22. The molecule has 1 fully saturated rings. The third-order valence-corrected chi connectivity index (χ3v) is 6.89. The average molecular weight is 407 g/mol. The fourth-order valence-corrected chi connectivity index (χ4v) is 4.94. The van der Waals surface area contributed by atoms with Crippen LogP contribution in [0.25, 0.3) is 0 Å². The maximum atomic E-state index is 12.8. The Balaban J connectivity index is 1.79. The van der Waals surface area contributed by atoms with E-state index in [0.29, 0.717) is 26.2 Å². The summed E-state index contributed by atoms with van der Waals surface area (Å²) in [4.78, 5) is 6.31. The number of hydrogen-bond acceptors (Lipinski definition) is 4. The molecule has 1 aliphatic rings. The molecule has 5 nitrogen and oxygen atoms in total. The van der Waals surface area contributed by atoms with E-state index in [4.69, 9.17) is 34.8 Å². The number of anilines is 1. The lowest BCUT2D eigenvalue weighted by Gasteiger charge is -2.34. The van der Waals surface area contributed by atoms with E-state index in [-0.39, 0.29) is 20.0 Å². The molecular weight excluding hydrogens is 393 g/mol. The third kappa shape index (κ3) is 3.48. The lowest BCUT2D eigenvalue weighted by molar-refractivity contribution is 0.384. The van der Waals surface area contributed by atoms with Gasteiger partial charge in [0, 0.05) is 32.4 Å². The highest BCUT2D eigenvalue weighted by Crippen LogP contribution is 2.33. The van der Waals surface area contributed by atoms with Crippen molar-refractivity contribution < 1.29 is 8.42 Å². The maximum Gasteiger partial charge on any atom is 0.244 e. The molecule has 2 heterocycles. The summed E-state index contributed by atoms with van der Waals surface area (Å²) in [6.07, 6.45) is 1.72. The van der Waals surface area contributed by atoms with Crippen molar-refractivity contribution in [2.45, 2.75) is 4.90 Å². The maximum absolute atomic E-state index is 12.8. The van der Waals surface area contributed by atoms with E-state index < -0.39 is 10.0 Å². The Hall–Kier alpha value is -1.05. The van der Waals surface area contributed by atoms with Gasteiger partial charge >= 0.3 is 0 Å². The molecule has 2 aromatic rings. The zero-order valence-electron chi connectivity index (χ0n) is 12.5. The summed E-state index contributed by atoms with van der Waals surface area (Å²) in [6, 6.07) is 8.30. The van der Waals surface area contributed by atoms with E-state index in [2.05, 4.69) is 4.98 Å². The van der Waals surface area contributed by atoms with Gasteiger partial charge in [0.1, 0.15) is 10.7 Å². The van der Waals surface area contributed by atoms with Crippen LogP contribution >= 0.6 is 34.8 Å². The second-order valence-electron chi connectivity index (χ2n) is 5.28. The number of sulfonamides is 1. The predicted molar refractivity (Wildman–Crippen MR) is 96.7 cm³/mol. The summed E-state index contributed by atoms with van der Waals surface area (Å²) in [6.45, 7) is 1.79. The summed E-state index contributed by atoms with van der Waals surface area (Å²) < 4.78 is 27.0. The first kappa shape index (κ1) is 17.8. The van der Waals surface area contributed by atoms with Crippen molar-refractivity contribution >= 4 is 50.6 Å². The largest absolute Gasteiger partial charge is 0.354 e. The van der Waals surface area contributed by atoms with Crippen LogP contribution in [-0.2, 0) is 10.0 Å². The summed E-state index contributed by atoms with van der Waals surface area (Å²) >= 11 is 17.9. The standard InChI is InChI=1S/C15H14Cl3N3O2S/c16-11-9-13(18)14(10-12(11)17)24(22,23)21-7-5-20(6-8-21)15-3-1-2-4-19-15/h1-4,9-10H,5-8H2. The first-order chi connectivity index (χ1) is 11.4. The Morgan fingerprint density at radius 1 is 0.917 bits per heavy atom. The second-order valence-corrected chi connectivity index (χ2v) is 8.40. The molecule has 0 radical (unpaired) electrons. The SMILES string of the molecule is O=S(=O)(c1cc(Cl)c(Cl)cc1Cl)N1CCN(c2ccccn2)CC1. The molecule has 1 aliphatic heterocycles. The molecule has 0 saturated carbocycles. The molecule has 3 rings (SSSR count).